The van der Waals surface area contributed by atoms with E-state index < -0.39 is 0 Å². The minimum absolute atomic E-state index is 0.0690. The molecule has 2 heterocycles. The van der Waals surface area contributed by atoms with Gasteiger partial charge in [0.05, 0.1) is 6.10 Å². The van der Waals surface area contributed by atoms with E-state index in [1.807, 2.05) is 18.2 Å². The molecule has 0 saturated carbocycles. The monoisotopic (exact) mass is 343 g/mol. The molecule has 0 spiro atoms. The highest BCUT2D eigenvalue weighted by molar-refractivity contribution is 5.87. The zero-order valence-electron chi connectivity index (χ0n) is 14.4. The predicted molar refractivity (Wildman–Crippen MR) is 95.8 cm³/mol. The van der Waals surface area contributed by atoms with Crippen LogP contribution in [0.15, 0.2) is 42.5 Å². The lowest BCUT2D eigenvalue weighted by Gasteiger charge is -2.08. The van der Waals surface area contributed by atoms with Crippen LogP contribution in [0.2, 0.25) is 0 Å². The third-order valence-corrected chi connectivity index (χ3v) is 4.30. The number of carbonyl (C=O) groups excluding carboxylic acids is 1. The van der Waals surface area contributed by atoms with Crippen molar-refractivity contribution in [1.82, 2.24) is 5.32 Å². The van der Waals surface area contributed by atoms with E-state index in [9.17, 15) is 4.79 Å². The first-order valence-corrected chi connectivity index (χ1v) is 8.92. The maximum Gasteiger partial charge on any atom is 0.244 e. The number of carbonyl (C=O) groups is 1. The standard InChI is InChI=1S/C20H25NO4/c22-20(21-14-17-8-6-12-23-17)9-5-3-1-2-4-7-16-10-11-18-19(13-16)25-15-24-18/h1,3,5,9-11,13,17H,2,4,6-8,12,14-15H2,(H,21,22)/b3-1+,9-5+. The highest BCUT2D eigenvalue weighted by Gasteiger charge is 2.15. The lowest BCUT2D eigenvalue weighted by molar-refractivity contribution is -0.117. The summed E-state index contributed by atoms with van der Waals surface area (Å²) in [7, 11) is 0. The number of ether oxygens (including phenoxy) is 3. The number of rotatable bonds is 8. The second-order valence-electron chi connectivity index (χ2n) is 6.25. The van der Waals surface area contributed by atoms with Crippen molar-refractivity contribution in [3.8, 4) is 11.5 Å². The lowest BCUT2D eigenvalue weighted by atomic mass is 10.1. The highest BCUT2D eigenvalue weighted by Crippen LogP contribution is 2.32. The van der Waals surface area contributed by atoms with Crippen LogP contribution in [0, 0.1) is 0 Å². The summed E-state index contributed by atoms with van der Waals surface area (Å²) < 4.78 is 16.2. The second-order valence-corrected chi connectivity index (χ2v) is 6.25. The van der Waals surface area contributed by atoms with Gasteiger partial charge in [-0.05, 0) is 49.8 Å². The topological polar surface area (TPSA) is 56.8 Å². The van der Waals surface area contributed by atoms with Crippen LogP contribution in [-0.2, 0) is 16.0 Å². The number of benzene rings is 1. The van der Waals surface area contributed by atoms with E-state index >= 15 is 0 Å². The van der Waals surface area contributed by atoms with Crippen LogP contribution >= 0.6 is 0 Å². The van der Waals surface area contributed by atoms with Crippen LogP contribution in [0.25, 0.3) is 0 Å². The van der Waals surface area contributed by atoms with Gasteiger partial charge in [0.25, 0.3) is 0 Å². The third kappa shape index (κ3) is 5.64. The number of hydrogen-bond donors (Lipinski definition) is 1. The SMILES string of the molecule is O=C(/C=C/C=C/CCCc1ccc2c(c1)OCO2)NCC1CCCO1. The number of fused-ring (bicyclic) bond motifs is 1. The van der Waals surface area contributed by atoms with Gasteiger partial charge in [0.15, 0.2) is 11.5 Å². The van der Waals surface area contributed by atoms with Gasteiger partial charge in [-0.25, -0.2) is 0 Å². The van der Waals surface area contributed by atoms with Crippen LogP contribution in [0.3, 0.4) is 0 Å². The van der Waals surface area contributed by atoms with E-state index in [-0.39, 0.29) is 12.0 Å². The van der Waals surface area contributed by atoms with Crippen molar-refractivity contribution in [3.63, 3.8) is 0 Å². The molecule has 0 aromatic heterocycles. The molecule has 1 aromatic rings. The van der Waals surface area contributed by atoms with Gasteiger partial charge in [0.1, 0.15) is 0 Å². The number of nitrogens with one attached hydrogen (secondary N) is 1. The molecule has 0 radical (unpaired) electrons. The maximum absolute atomic E-state index is 11.7. The Labute approximate surface area is 148 Å². The maximum atomic E-state index is 11.7. The van der Waals surface area contributed by atoms with E-state index in [0.717, 1.165) is 50.2 Å². The fourth-order valence-corrected chi connectivity index (χ4v) is 2.92. The van der Waals surface area contributed by atoms with Crippen LogP contribution in [-0.4, -0.2) is 32.0 Å². The largest absolute Gasteiger partial charge is 0.454 e. The summed E-state index contributed by atoms with van der Waals surface area (Å²) in [6.07, 6.45) is 12.7. The third-order valence-electron chi connectivity index (χ3n) is 4.30. The smallest absolute Gasteiger partial charge is 0.244 e. The Morgan fingerprint density at radius 3 is 3.04 bits per heavy atom. The molecular weight excluding hydrogens is 318 g/mol. The second kappa shape index (κ2) is 9.28. The molecule has 134 valence electrons. The Balaban J connectivity index is 1.28. The Morgan fingerprint density at radius 2 is 2.16 bits per heavy atom. The van der Waals surface area contributed by atoms with Crippen LogP contribution in [0.4, 0.5) is 0 Å². The number of allylic oxidation sites excluding steroid dienone is 3. The summed E-state index contributed by atoms with van der Waals surface area (Å²) in [6.45, 7) is 1.73. The Morgan fingerprint density at radius 1 is 1.24 bits per heavy atom. The lowest BCUT2D eigenvalue weighted by Crippen LogP contribution is -2.30. The molecule has 5 heteroatoms. The molecule has 2 aliphatic rings. The number of amides is 1. The highest BCUT2D eigenvalue weighted by atomic mass is 16.7. The normalized spacial score (nSPS) is 19.1. The molecule has 0 bridgehead atoms. The summed E-state index contributed by atoms with van der Waals surface area (Å²) in [5.74, 6) is 1.59. The molecule has 1 saturated heterocycles. The zero-order valence-corrected chi connectivity index (χ0v) is 14.4. The Bertz CT molecular complexity index is 633. The van der Waals surface area contributed by atoms with E-state index in [1.54, 1.807) is 12.2 Å². The fraction of sp³-hybridized carbons (Fsp3) is 0.450. The molecule has 1 aromatic carbocycles. The van der Waals surface area contributed by atoms with E-state index in [0.29, 0.717) is 13.3 Å². The minimum Gasteiger partial charge on any atom is -0.454 e. The summed E-state index contributed by atoms with van der Waals surface area (Å²) in [5.41, 5.74) is 1.25. The Kier molecular flexibility index (Phi) is 6.51. The van der Waals surface area contributed by atoms with Gasteiger partial charge in [-0.2, -0.15) is 0 Å². The van der Waals surface area contributed by atoms with Gasteiger partial charge in [-0.15, -0.1) is 0 Å². The van der Waals surface area contributed by atoms with Crippen molar-refractivity contribution >= 4 is 5.91 Å². The molecule has 2 aliphatic heterocycles. The van der Waals surface area contributed by atoms with Crippen LogP contribution < -0.4 is 14.8 Å². The van der Waals surface area contributed by atoms with Gasteiger partial charge >= 0.3 is 0 Å². The van der Waals surface area contributed by atoms with Crippen molar-refractivity contribution in [2.75, 3.05) is 19.9 Å². The summed E-state index contributed by atoms with van der Waals surface area (Å²) in [5, 5.41) is 2.86. The van der Waals surface area contributed by atoms with Crippen molar-refractivity contribution in [2.24, 2.45) is 0 Å². The summed E-state index contributed by atoms with van der Waals surface area (Å²) in [6, 6.07) is 6.09. The predicted octanol–water partition coefficient (Wildman–Crippen LogP) is 3.15. The average Bonchev–Trinajstić information content (AvgIpc) is 3.30. The minimum atomic E-state index is -0.0690. The molecule has 3 rings (SSSR count). The number of aryl methyl sites for hydroxylation is 1. The first kappa shape index (κ1) is 17.5. The molecule has 1 amide bonds. The zero-order chi connectivity index (χ0) is 17.3. The van der Waals surface area contributed by atoms with Crippen molar-refractivity contribution in [2.45, 2.75) is 38.2 Å². The molecule has 25 heavy (non-hydrogen) atoms. The summed E-state index contributed by atoms with van der Waals surface area (Å²) in [4.78, 5) is 11.7. The molecule has 1 fully saturated rings. The van der Waals surface area contributed by atoms with E-state index in [4.69, 9.17) is 14.2 Å². The fourth-order valence-electron chi connectivity index (χ4n) is 2.92. The van der Waals surface area contributed by atoms with Crippen LogP contribution in [0.1, 0.15) is 31.2 Å². The quantitative estimate of drug-likeness (QED) is 0.448. The molecule has 5 nitrogen and oxygen atoms in total. The molecular formula is C20H25NO4. The molecule has 0 aliphatic carbocycles. The van der Waals surface area contributed by atoms with Crippen LogP contribution in [0.5, 0.6) is 11.5 Å². The van der Waals surface area contributed by atoms with Gasteiger partial charge in [-0.3, -0.25) is 4.79 Å². The van der Waals surface area contributed by atoms with Gasteiger partial charge < -0.3 is 19.5 Å². The van der Waals surface area contributed by atoms with E-state index in [1.165, 1.54) is 5.56 Å². The molecule has 1 unspecified atom stereocenters. The van der Waals surface area contributed by atoms with Crippen molar-refractivity contribution in [3.05, 3.63) is 48.1 Å². The van der Waals surface area contributed by atoms with Crippen molar-refractivity contribution < 1.29 is 19.0 Å². The molecule has 1 atom stereocenters. The Hall–Kier alpha value is -2.27. The number of unbranched alkanes of at least 4 members (excludes halogenated alkanes) is 1. The summed E-state index contributed by atoms with van der Waals surface area (Å²) >= 11 is 0. The van der Waals surface area contributed by atoms with Gasteiger partial charge in [-0.1, -0.05) is 24.3 Å². The molecule has 1 N–H and O–H groups in total. The first-order valence-electron chi connectivity index (χ1n) is 8.92. The van der Waals surface area contributed by atoms with Crippen molar-refractivity contribution in [1.29, 1.82) is 0 Å². The van der Waals surface area contributed by atoms with Gasteiger partial charge in [0, 0.05) is 19.2 Å². The first-order chi connectivity index (χ1) is 12.3. The number of hydrogen-bond acceptors (Lipinski definition) is 4. The average molecular weight is 343 g/mol. The van der Waals surface area contributed by atoms with E-state index in [2.05, 4.69) is 17.5 Å². The van der Waals surface area contributed by atoms with Gasteiger partial charge in [0.2, 0.25) is 12.7 Å².